The normalized spacial score (nSPS) is 11.6. The Morgan fingerprint density at radius 1 is 1.26 bits per heavy atom. The molecule has 98 valence electrons. The Kier molecular flexibility index (Phi) is 2.74. The number of nitrogens with two attached hydrogens (primary N) is 1. The summed E-state index contributed by atoms with van der Waals surface area (Å²) in [6.45, 7) is 6.17. The zero-order valence-corrected chi connectivity index (χ0v) is 11.9. The highest BCUT2D eigenvalue weighted by Gasteiger charge is 2.15. The molecule has 0 aliphatic carbocycles. The Hall–Kier alpha value is -1.95. The fraction of sp³-hybridized carbons (Fsp3) is 0.308. The summed E-state index contributed by atoms with van der Waals surface area (Å²) in [7, 11) is 0. The van der Waals surface area contributed by atoms with Gasteiger partial charge in [0.25, 0.3) is 0 Å². The number of nitrogens with zero attached hydrogens (tertiary/aromatic N) is 4. The van der Waals surface area contributed by atoms with E-state index in [4.69, 9.17) is 5.73 Å². The molecule has 0 aliphatic heterocycles. The third-order valence-electron chi connectivity index (χ3n) is 3.05. The van der Waals surface area contributed by atoms with E-state index in [2.05, 4.69) is 35.2 Å². The van der Waals surface area contributed by atoms with Gasteiger partial charge >= 0.3 is 0 Å². The van der Waals surface area contributed by atoms with Crippen LogP contribution in [-0.4, -0.2) is 19.8 Å². The van der Waals surface area contributed by atoms with Crippen LogP contribution in [0.1, 0.15) is 31.2 Å². The largest absolute Gasteiger partial charge is 0.399 e. The summed E-state index contributed by atoms with van der Waals surface area (Å²) >= 11 is 1.54. The van der Waals surface area contributed by atoms with Gasteiger partial charge in [-0.2, -0.15) is 9.61 Å². The molecule has 0 unspecified atom stereocenters. The van der Waals surface area contributed by atoms with Crippen molar-refractivity contribution in [1.29, 1.82) is 0 Å². The standard InChI is InChI=1S/C13H15N5S/c1-7(2)11-15-16-13-18(11)17-12(19-13)9-4-5-10(14)8(3)6-9/h4-7H,14H2,1-3H3. The number of aromatic nitrogens is 4. The van der Waals surface area contributed by atoms with Crippen molar-refractivity contribution in [1.82, 2.24) is 19.8 Å². The molecule has 6 heteroatoms. The molecule has 0 spiro atoms. The molecule has 3 aromatic rings. The van der Waals surface area contributed by atoms with Crippen LogP contribution in [0.25, 0.3) is 15.5 Å². The van der Waals surface area contributed by atoms with Gasteiger partial charge in [-0.3, -0.25) is 0 Å². The van der Waals surface area contributed by atoms with Crippen molar-refractivity contribution in [3.05, 3.63) is 29.6 Å². The summed E-state index contributed by atoms with van der Waals surface area (Å²) in [5.74, 6) is 1.20. The first-order valence-corrected chi connectivity index (χ1v) is 6.96. The van der Waals surface area contributed by atoms with Crippen molar-refractivity contribution >= 4 is 22.0 Å². The Morgan fingerprint density at radius 3 is 2.74 bits per heavy atom. The molecule has 5 nitrogen and oxygen atoms in total. The van der Waals surface area contributed by atoms with Crippen LogP contribution < -0.4 is 5.73 Å². The zero-order valence-electron chi connectivity index (χ0n) is 11.1. The molecular formula is C13H15N5S. The van der Waals surface area contributed by atoms with Crippen LogP contribution in [0.5, 0.6) is 0 Å². The summed E-state index contributed by atoms with van der Waals surface area (Å²) in [6.07, 6.45) is 0. The monoisotopic (exact) mass is 273 g/mol. The molecule has 0 atom stereocenters. The van der Waals surface area contributed by atoms with Gasteiger partial charge in [-0.1, -0.05) is 25.2 Å². The highest BCUT2D eigenvalue weighted by Crippen LogP contribution is 2.28. The van der Waals surface area contributed by atoms with Crippen LogP contribution >= 0.6 is 11.3 Å². The van der Waals surface area contributed by atoms with Crippen LogP contribution in [0.3, 0.4) is 0 Å². The molecule has 2 aromatic heterocycles. The Balaban J connectivity index is 2.12. The summed E-state index contributed by atoms with van der Waals surface area (Å²) in [5.41, 5.74) is 8.77. The fourth-order valence-electron chi connectivity index (χ4n) is 1.92. The molecule has 3 rings (SSSR count). The van der Waals surface area contributed by atoms with E-state index in [1.54, 1.807) is 11.3 Å². The average molecular weight is 273 g/mol. The molecule has 0 saturated carbocycles. The lowest BCUT2D eigenvalue weighted by Crippen LogP contribution is -1.98. The molecule has 19 heavy (non-hydrogen) atoms. The number of rotatable bonds is 2. The maximum absolute atomic E-state index is 5.84. The second-order valence-electron chi connectivity index (χ2n) is 4.89. The van der Waals surface area contributed by atoms with Crippen LogP contribution in [0.15, 0.2) is 18.2 Å². The average Bonchev–Trinajstić information content (AvgIpc) is 2.91. The number of nitrogen functional groups attached to an aromatic ring is 1. The second-order valence-corrected chi connectivity index (χ2v) is 5.84. The Bertz CT molecular complexity index is 741. The lowest BCUT2D eigenvalue weighted by Gasteiger charge is -2.02. The van der Waals surface area contributed by atoms with Gasteiger partial charge in [-0.05, 0) is 30.7 Å². The topological polar surface area (TPSA) is 69.1 Å². The number of fused-ring (bicyclic) bond motifs is 1. The minimum Gasteiger partial charge on any atom is -0.399 e. The smallest absolute Gasteiger partial charge is 0.234 e. The van der Waals surface area contributed by atoms with Gasteiger partial charge in [0.05, 0.1) is 0 Å². The quantitative estimate of drug-likeness (QED) is 0.729. The van der Waals surface area contributed by atoms with Crippen molar-refractivity contribution < 1.29 is 0 Å². The SMILES string of the molecule is Cc1cc(-c2nn3c(C(C)C)nnc3s2)ccc1N. The lowest BCUT2D eigenvalue weighted by atomic mass is 10.1. The van der Waals surface area contributed by atoms with Gasteiger partial charge in [-0.25, -0.2) is 0 Å². The molecule has 0 aliphatic rings. The number of hydrogen-bond acceptors (Lipinski definition) is 5. The maximum Gasteiger partial charge on any atom is 0.234 e. The second kappa shape index (κ2) is 4.31. The number of hydrogen-bond donors (Lipinski definition) is 1. The molecule has 1 aromatic carbocycles. The van der Waals surface area contributed by atoms with E-state index >= 15 is 0 Å². The van der Waals surface area contributed by atoms with Crippen LogP contribution in [0, 0.1) is 6.92 Å². The molecule has 0 bridgehead atoms. The number of anilines is 1. The Morgan fingerprint density at radius 2 is 2.05 bits per heavy atom. The van der Waals surface area contributed by atoms with Gasteiger partial charge in [0.1, 0.15) is 5.01 Å². The van der Waals surface area contributed by atoms with Crippen molar-refractivity contribution in [3.63, 3.8) is 0 Å². The highest BCUT2D eigenvalue weighted by atomic mass is 32.1. The summed E-state index contributed by atoms with van der Waals surface area (Å²) in [4.78, 5) is 0.827. The van der Waals surface area contributed by atoms with E-state index in [0.29, 0.717) is 5.92 Å². The number of aryl methyl sites for hydroxylation is 1. The molecule has 0 fully saturated rings. The van der Waals surface area contributed by atoms with Crippen molar-refractivity contribution in [2.75, 3.05) is 5.73 Å². The van der Waals surface area contributed by atoms with E-state index in [-0.39, 0.29) is 0 Å². The van der Waals surface area contributed by atoms with Crippen LogP contribution in [-0.2, 0) is 0 Å². The summed E-state index contributed by atoms with van der Waals surface area (Å²) in [6, 6.07) is 5.95. The number of benzene rings is 1. The van der Waals surface area contributed by atoms with Crippen LogP contribution in [0.4, 0.5) is 5.69 Å². The minimum absolute atomic E-state index is 0.304. The molecule has 2 heterocycles. The first kappa shape index (κ1) is 12.1. The third-order valence-corrected chi connectivity index (χ3v) is 4.00. The molecule has 0 radical (unpaired) electrons. The minimum atomic E-state index is 0.304. The Labute approximate surface area is 115 Å². The molecule has 0 amide bonds. The van der Waals surface area contributed by atoms with E-state index in [1.807, 2.05) is 23.6 Å². The highest BCUT2D eigenvalue weighted by molar-refractivity contribution is 7.19. The zero-order chi connectivity index (χ0) is 13.6. The predicted octanol–water partition coefficient (Wildman–Crippen LogP) is 2.87. The van der Waals surface area contributed by atoms with Crippen molar-refractivity contribution in [3.8, 4) is 10.6 Å². The van der Waals surface area contributed by atoms with Crippen molar-refractivity contribution in [2.24, 2.45) is 0 Å². The van der Waals surface area contributed by atoms with Gasteiger partial charge in [-0.15, -0.1) is 10.2 Å². The maximum atomic E-state index is 5.84. The van der Waals surface area contributed by atoms with Gasteiger partial charge in [0.15, 0.2) is 5.82 Å². The molecular weight excluding hydrogens is 258 g/mol. The third kappa shape index (κ3) is 1.98. The summed E-state index contributed by atoms with van der Waals surface area (Å²) < 4.78 is 1.83. The van der Waals surface area contributed by atoms with Gasteiger partial charge < -0.3 is 5.73 Å². The van der Waals surface area contributed by atoms with Gasteiger partial charge in [0.2, 0.25) is 4.96 Å². The lowest BCUT2D eigenvalue weighted by molar-refractivity contribution is 0.727. The first-order valence-electron chi connectivity index (χ1n) is 6.15. The van der Waals surface area contributed by atoms with E-state index in [9.17, 15) is 0 Å². The van der Waals surface area contributed by atoms with Crippen LogP contribution in [0.2, 0.25) is 0 Å². The first-order chi connectivity index (χ1) is 9.06. The molecule has 2 N–H and O–H groups in total. The van der Waals surface area contributed by atoms with E-state index < -0.39 is 0 Å². The van der Waals surface area contributed by atoms with Gasteiger partial charge in [0, 0.05) is 17.2 Å². The molecule has 0 saturated heterocycles. The fourth-order valence-corrected chi connectivity index (χ4v) is 2.76. The summed E-state index contributed by atoms with van der Waals surface area (Å²) in [5, 5.41) is 13.9. The predicted molar refractivity (Wildman–Crippen MR) is 77.3 cm³/mol. The van der Waals surface area contributed by atoms with E-state index in [0.717, 1.165) is 32.6 Å². The van der Waals surface area contributed by atoms with E-state index in [1.165, 1.54) is 0 Å². The van der Waals surface area contributed by atoms with Crippen molar-refractivity contribution in [2.45, 2.75) is 26.7 Å².